The van der Waals surface area contributed by atoms with Crippen molar-refractivity contribution in [1.82, 2.24) is 0 Å². The van der Waals surface area contributed by atoms with E-state index in [9.17, 15) is 4.79 Å². The summed E-state index contributed by atoms with van der Waals surface area (Å²) in [5.41, 5.74) is 0. The molecule has 0 aliphatic heterocycles. The van der Waals surface area contributed by atoms with E-state index in [1.54, 1.807) is 6.92 Å². The maximum absolute atomic E-state index is 10.2. The lowest BCUT2D eigenvalue weighted by Gasteiger charge is -2.12. The highest BCUT2D eigenvalue weighted by molar-refractivity contribution is 7.77. The Labute approximate surface area is 66.1 Å². The van der Waals surface area contributed by atoms with Crippen LogP contribution in [0.5, 0.6) is 0 Å². The molecule has 4 heteroatoms. The molecule has 0 aromatic heterocycles. The van der Waals surface area contributed by atoms with Gasteiger partial charge in [0, 0.05) is 11.7 Å². The first-order valence-electron chi connectivity index (χ1n) is 3.10. The molecule has 0 amide bonds. The van der Waals surface area contributed by atoms with E-state index in [0.717, 1.165) is 0 Å². The van der Waals surface area contributed by atoms with Crippen LogP contribution >= 0.6 is 0 Å². The lowest BCUT2D eigenvalue weighted by atomic mass is 10.7. The molecule has 0 heterocycles. The highest BCUT2D eigenvalue weighted by Crippen LogP contribution is 1.91. The Morgan fingerprint density at radius 2 is 2.20 bits per heavy atom. The van der Waals surface area contributed by atoms with Crippen LogP contribution in [0.1, 0.15) is 13.8 Å². The van der Waals surface area contributed by atoms with Gasteiger partial charge in [-0.05, 0) is 13.8 Å². The van der Waals surface area contributed by atoms with Gasteiger partial charge in [0.25, 0.3) is 0 Å². The minimum absolute atomic E-state index is 0.0451. The third-order valence-corrected chi connectivity index (χ3v) is 0.955. The van der Waals surface area contributed by atoms with Crippen molar-refractivity contribution in [3.63, 3.8) is 0 Å². The van der Waals surface area contributed by atoms with Gasteiger partial charge in [0.2, 0.25) is 0 Å². The second-order valence-corrected chi connectivity index (χ2v) is 2.16. The molecular weight excluding hydrogens is 152 g/mol. The monoisotopic (exact) mass is 163 g/mol. The first-order chi connectivity index (χ1) is 4.66. The van der Waals surface area contributed by atoms with E-state index < -0.39 is 5.12 Å². The molecule has 0 bridgehead atoms. The Balaban J connectivity index is 3.21. The molecule has 0 N–H and O–H groups in total. The maximum atomic E-state index is 10.2. The first kappa shape index (κ1) is 9.81. The summed E-state index contributed by atoms with van der Waals surface area (Å²) in [5.74, 6) is 0. The van der Waals surface area contributed by atoms with Gasteiger partial charge < -0.3 is 26.9 Å². The Hall–Kier alpha value is -0.190. The Bertz CT molecular complexity index is 105. The smallest absolute Gasteiger partial charge is 0.155 e. The number of carbonyl (C=O) groups is 1. The lowest BCUT2D eigenvalue weighted by molar-refractivity contribution is -0.141. The molecular formula is C6H11O3S-. The predicted molar refractivity (Wildman–Crippen MR) is 39.4 cm³/mol. The molecule has 0 spiro atoms. The van der Waals surface area contributed by atoms with Gasteiger partial charge in [0.05, 0.1) is 6.61 Å². The minimum atomic E-state index is -0.397. The molecule has 1 atom stereocenters. The third kappa shape index (κ3) is 5.94. The summed E-state index contributed by atoms with van der Waals surface area (Å²) in [5, 5.41) is -0.397. The van der Waals surface area contributed by atoms with Crippen LogP contribution in [-0.2, 0) is 26.9 Å². The van der Waals surface area contributed by atoms with Crippen molar-refractivity contribution in [2.24, 2.45) is 0 Å². The number of carbonyl (C=O) groups excluding carboxylic acids is 1. The van der Waals surface area contributed by atoms with E-state index in [-0.39, 0.29) is 12.9 Å². The van der Waals surface area contributed by atoms with Crippen molar-refractivity contribution in [1.29, 1.82) is 0 Å². The fraction of sp³-hybridized carbons (Fsp3) is 0.833. The van der Waals surface area contributed by atoms with E-state index in [0.29, 0.717) is 6.61 Å². The molecule has 3 nitrogen and oxygen atoms in total. The fourth-order valence-electron chi connectivity index (χ4n) is 0.468. The van der Waals surface area contributed by atoms with Crippen LogP contribution in [0, 0.1) is 0 Å². The average molecular weight is 163 g/mol. The van der Waals surface area contributed by atoms with Crippen LogP contribution in [0.3, 0.4) is 0 Å². The van der Waals surface area contributed by atoms with E-state index in [1.165, 1.54) is 0 Å². The molecule has 60 valence electrons. The number of ether oxygens (including phenoxy) is 2. The summed E-state index contributed by atoms with van der Waals surface area (Å²) in [6.45, 7) is 4.11. The van der Waals surface area contributed by atoms with Crippen molar-refractivity contribution in [2.75, 3.05) is 13.2 Å². The van der Waals surface area contributed by atoms with Crippen molar-refractivity contribution in [3.8, 4) is 0 Å². The molecule has 0 aliphatic rings. The average Bonchev–Trinajstić information content (AvgIpc) is 1.85. The number of hydrogen-bond donors (Lipinski definition) is 0. The predicted octanol–water partition coefficient (Wildman–Crippen LogP) is 0.459. The van der Waals surface area contributed by atoms with Crippen LogP contribution < -0.4 is 0 Å². The van der Waals surface area contributed by atoms with Crippen LogP contribution in [0.15, 0.2) is 0 Å². The molecule has 0 rings (SSSR count). The molecule has 0 aromatic rings. The van der Waals surface area contributed by atoms with E-state index in [1.807, 2.05) is 6.92 Å². The van der Waals surface area contributed by atoms with Gasteiger partial charge in [-0.2, -0.15) is 0 Å². The Morgan fingerprint density at radius 3 is 2.60 bits per heavy atom. The molecule has 0 aliphatic carbocycles. The summed E-state index contributed by atoms with van der Waals surface area (Å²) in [6.07, 6.45) is -0.336. The summed E-state index contributed by atoms with van der Waals surface area (Å²) >= 11 is 4.26. The molecule has 0 radical (unpaired) electrons. The van der Waals surface area contributed by atoms with Crippen LogP contribution in [0.2, 0.25) is 0 Å². The maximum Gasteiger partial charge on any atom is 0.155 e. The normalized spacial score (nSPS) is 13.0. The van der Waals surface area contributed by atoms with Gasteiger partial charge >= 0.3 is 0 Å². The Kier molecular flexibility index (Phi) is 5.48. The molecule has 0 aromatic carbocycles. The van der Waals surface area contributed by atoms with Gasteiger partial charge in [0.15, 0.2) is 6.29 Å². The molecule has 0 saturated heterocycles. The topological polar surface area (TPSA) is 35.5 Å². The summed E-state index contributed by atoms with van der Waals surface area (Å²) in [7, 11) is 0. The van der Waals surface area contributed by atoms with E-state index in [4.69, 9.17) is 9.47 Å². The van der Waals surface area contributed by atoms with Gasteiger partial charge in [-0.1, -0.05) is 0 Å². The second kappa shape index (κ2) is 5.58. The third-order valence-electron chi connectivity index (χ3n) is 0.837. The fourth-order valence-corrected chi connectivity index (χ4v) is 0.536. The molecule has 10 heavy (non-hydrogen) atoms. The zero-order valence-corrected chi connectivity index (χ0v) is 6.94. The second-order valence-electron chi connectivity index (χ2n) is 1.71. The summed E-state index contributed by atoms with van der Waals surface area (Å²) in [6, 6.07) is 0. The molecule has 0 fully saturated rings. The van der Waals surface area contributed by atoms with Crippen molar-refractivity contribution < 1.29 is 14.3 Å². The highest BCUT2D eigenvalue weighted by atomic mass is 32.1. The van der Waals surface area contributed by atoms with E-state index in [2.05, 4.69) is 12.6 Å². The van der Waals surface area contributed by atoms with Crippen molar-refractivity contribution >= 4 is 17.7 Å². The Morgan fingerprint density at radius 1 is 1.60 bits per heavy atom. The molecule has 0 saturated carbocycles. The largest absolute Gasteiger partial charge is 0.740 e. The van der Waals surface area contributed by atoms with Gasteiger partial charge in [-0.25, -0.2) is 0 Å². The van der Waals surface area contributed by atoms with Crippen LogP contribution in [-0.4, -0.2) is 24.6 Å². The van der Waals surface area contributed by atoms with Gasteiger partial charge in [-0.3, -0.25) is 0 Å². The van der Waals surface area contributed by atoms with Gasteiger partial charge in [0.1, 0.15) is 0 Å². The quantitative estimate of drug-likeness (QED) is 0.435. The summed E-state index contributed by atoms with van der Waals surface area (Å²) < 4.78 is 9.84. The number of rotatable bonds is 5. The standard InChI is InChI=1S/C6H12O3S/c1-3-8-5(2)9-4-6(7)10/h5H,3-4H2,1-2H3,(H,7,10)/p-1. The zero-order valence-electron chi connectivity index (χ0n) is 6.12. The lowest BCUT2D eigenvalue weighted by Crippen LogP contribution is -2.16. The highest BCUT2D eigenvalue weighted by Gasteiger charge is 1.97. The SMILES string of the molecule is CCOC(C)OCC(=O)[S-]. The van der Waals surface area contributed by atoms with Crippen molar-refractivity contribution in [2.45, 2.75) is 20.1 Å². The van der Waals surface area contributed by atoms with Gasteiger partial charge in [-0.15, -0.1) is 0 Å². The zero-order chi connectivity index (χ0) is 7.98. The van der Waals surface area contributed by atoms with Crippen LogP contribution in [0.25, 0.3) is 0 Å². The van der Waals surface area contributed by atoms with E-state index >= 15 is 0 Å². The molecule has 1 unspecified atom stereocenters. The minimum Gasteiger partial charge on any atom is -0.740 e. The van der Waals surface area contributed by atoms with Crippen LogP contribution in [0.4, 0.5) is 0 Å². The number of hydrogen-bond acceptors (Lipinski definition) is 4. The van der Waals surface area contributed by atoms with Crippen molar-refractivity contribution in [3.05, 3.63) is 0 Å². The first-order valence-corrected chi connectivity index (χ1v) is 3.50. The summed E-state index contributed by atoms with van der Waals surface area (Å²) in [4.78, 5) is 10.2.